The monoisotopic (exact) mass is 448 g/mol. The maximum absolute atomic E-state index is 12.4. The van der Waals surface area contributed by atoms with E-state index in [1.54, 1.807) is 30.0 Å². The van der Waals surface area contributed by atoms with Crippen molar-refractivity contribution in [3.63, 3.8) is 0 Å². The molecule has 3 nitrogen and oxygen atoms in total. The summed E-state index contributed by atoms with van der Waals surface area (Å²) < 4.78 is 0.921. The number of hydrogen-bond acceptors (Lipinski definition) is 3. The quantitative estimate of drug-likeness (QED) is 0.360. The molecule has 0 heterocycles. The highest BCUT2D eigenvalue weighted by molar-refractivity contribution is 9.10. The summed E-state index contributed by atoms with van der Waals surface area (Å²) in [5.74, 6) is -0.428. The summed E-state index contributed by atoms with van der Waals surface area (Å²) in [6, 6.07) is 25.3. The molecule has 0 saturated carbocycles. The highest BCUT2D eigenvalue weighted by atomic mass is 79.9. The van der Waals surface area contributed by atoms with Gasteiger partial charge >= 0.3 is 0 Å². The number of nitrogens with one attached hydrogen (secondary N) is 1. The highest BCUT2D eigenvalue weighted by Crippen LogP contribution is 2.28. The van der Waals surface area contributed by atoms with Crippen molar-refractivity contribution in [1.29, 1.82) is 5.26 Å². The van der Waals surface area contributed by atoms with E-state index in [1.807, 2.05) is 42.5 Å². The average Bonchev–Trinajstić information content (AvgIpc) is 2.71. The number of halogens is 1. The summed E-state index contributed by atoms with van der Waals surface area (Å²) in [6.07, 6.45) is 1.59. The molecule has 0 atom stereocenters. The third-order valence-corrected chi connectivity index (χ3v) is 5.46. The van der Waals surface area contributed by atoms with Crippen LogP contribution in [0, 0.1) is 18.3 Å². The van der Waals surface area contributed by atoms with Crippen LogP contribution in [0.5, 0.6) is 0 Å². The van der Waals surface area contributed by atoms with Crippen LogP contribution in [0.2, 0.25) is 0 Å². The van der Waals surface area contributed by atoms with Crippen molar-refractivity contribution in [2.24, 2.45) is 0 Å². The fourth-order valence-corrected chi connectivity index (χ4v) is 3.50. The first-order chi connectivity index (χ1) is 13.5. The van der Waals surface area contributed by atoms with Crippen LogP contribution >= 0.6 is 27.7 Å². The Balaban J connectivity index is 1.69. The first kappa shape index (κ1) is 19.9. The Labute approximate surface area is 177 Å². The second-order valence-corrected chi connectivity index (χ2v) is 8.18. The predicted octanol–water partition coefficient (Wildman–Crippen LogP) is 6.45. The van der Waals surface area contributed by atoms with E-state index in [0.29, 0.717) is 5.69 Å². The Morgan fingerprint density at radius 3 is 2.11 bits per heavy atom. The van der Waals surface area contributed by atoms with Gasteiger partial charge in [0, 0.05) is 20.0 Å². The van der Waals surface area contributed by atoms with Gasteiger partial charge in [-0.15, -0.1) is 0 Å². The van der Waals surface area contributed by atoms with E-state index < -0.39 is 5.91 Å². The normalized spacial score (nSPS) is 11.0. The maximum Gasteiger partial charge on any atom is 0.266 e. The van der Waals surface area contributed by atoms with Gasteiger partial charge in [-0.2, -0.15) is 5.26 Å². The van der Waals surface area contributed by atoms with Crippen LogP contribution in [0.1, 0.15) is 11.1 Å². The van der Waals surface area contributed by atoms with Gasteiger partial charge in [0.2, 0.25) is 0 Å². The van der Waals surface area contributed by atoms with Gasteiger partial charge < -0.3 is 5.32 Å². The molecule has 138 valence electrons. The van der Waals surface area contributed by atoms with Gasteiger partial charge in [0.05, 0.1) is 0 Å². The first-order valence-electron chi connectivity index (χ1n) is 8.57. The van der Waals surface area contributed by atoms with Crippen LogP contribution in [-0.4, -0.2) is 5.91 Å². The number of nitrogens with zero attached hydrogens (tertiary/aromatic N) is 1. The van der Waals surface area contributed by atoms with Crippen molar-refractivity contribution in [2.45, 2.75) is 16.7 Å². The molecule has 1 amide bonds. The molecule has 0 bridgehead atoms. The van der Waals surface area contributed by atoms with Crippen molar-refractivity contribution < 1.29 is 4.79 Å². The topological polar surface area (TPSA) is 52.9 Å². The van der Waals surface area contributed by atoms with Crippen LogP contribution in [0.25, 0.3) is 6.08 Å². The van der Waals surface area contributed by atoms with Crippen molar-refractivity contribution in [3.05, 3.63) is 94.0 Å². The average molecular weight is 449 g/mol. The number of hydrogen-bond donors (Lipinski definition) is 1. The first-order valence-corrected chi connectivity index (χ1v) is 10.2. The van der Waals surface area contributed by atoms with Crippen molar-refractivity contribution in [2.75, 3.05) is 5.32 Å². The van der Waals surface area contributed by atoms with E-state index in [-0.39, 0.29) is 5.57 Å². The summed E-state index contributed by atoms with van der Waals surface area (Å²) >= 11 is 5.02. The van der Waals surface area contributed by atoms with Crippen LogP contribution < -0.4 is 5.32 Å². The number of carbonyl (C=O) groups excluding carboxylic acids is 1. The summed E-state index contributed by atoms with van der Waals surface area (Å²) in [5, 5.41) is 12.1. The molecule has 28 heavy (non-hydrogen) atoms. The van der Waals surface area contributed by atoms with Crippen LogP contribution in [0.4, 0.5) is 5.69 Å². The van der Waals surface area contributed by atoms with Gasteiger partial charge in [0.1, 0.15) is 11.6 Å². The Kier molecular flexibility index (Phi) is 6.70. The molecule has 5 heteroatoms. The third kappa shape index (κ3) is 5.59. The second kappa shape index (κ2) is 9.41. The Bertz CT molecular complexity index is 1030. The van der Waals surface area contributed by atoms with Crippen LogP contribution in [0.3, 0.4) is 0 Å². The number of aryl methyl sites for hydroxylation is 1. The Morgan fingerprint density at radius 1 is 0.964 bits per heavy atom. The molecule has 0 aliphatic carbocycles. The van der Waals surface area contributed by atoms with E-state index in [4.69, 9.17) is 0 Å². The van der Waals surface area contributed by atoms with E-state index in [9.17, 15) is 10.1 Å². The predicted molar refractivity (Wildman–Crippen MR) is 118 cm³/mol. The summed E-state index contributed by atoms with van der Waals surface area (Å²) in [7, 11) is 0. The molecule has 1 N–H and O–H groups in total. The van der Waals surface area contributed by atoms with Crippen molar-refractivity contribution >= 4 is 45.4 Å². The molecule has 0 unspecified atom stereocenters. The zero-order valence-corrected chi connectivity index (χ0v) is 17.5. The SMILES string of the molecule is Cc1ccc(Sc2ccc(/C=C(/C#N)C(=O)Nc3ccc(Br)cc3)cc2)cc1. The van der Waals surface area contributed by atoms with Gasteiger partial charge in [-0.25, -0.2) is 0 Å². The Hall–Kier alpha value is -2.81. The number of rotatable bonds is 5. The molecule has 0 spiro atoms. The van der Waals surface area contributed by atoms with Gasteiger partial charge in [0.25, 0.3) is 5.91 Å². The largest absolute Gasteiger partial charge is 0.321 e. The molecular formula is C23H17BrN2OS. The molecule has 3 aromatic rings. The minimum atomic E-state index is -0.428. The van der Waals surface area contributed by atoms with Gasteiger partial charge in [0.15, 0.2) is 0 Å². The van der Waals surface area contributed by atoms with E-state index in [0.717, 1.165) is 14.9 Å². The van der Waals surface area contributed by atoms with E-state index in [2.05, 4.69) is 52.4 Å². The van der Waals surface area contributed by atoms with E-state index in [1.165, 1.54) is 10.5 Å². The zero-order chi connectivity index (χ0) is 19.9. The summed E-state index contributed by atoms with van der Waals surface area (Å²) in [5.41, 5.74) is 2.73. The lowest BCUT2D eigenvalue weighted by atomic mass is 10.1. The number of carbonyl (C=O) groups is 1. The third-order valence-electron chi connectivity index (χ3n) is 3.91. The molecule has 0 saturated heterocycles. The van der Waals surface area contributed by atoms with E-state index >= 15 is 0 Å². The second-order valence-electron chi connectivity index (χ2n) is 6.11. The zero-order valence-electron chi connectivity index (χ0n) is 15.1. The van der Waals surface area contributed by atoms with Gasteiger partial charge in [-0.3, -0.25) is 4.79 Å². The minimum Gasteiger partial charge on any atom is -0.321 e. The number of nitriles is 1. The van der Waals surface area contributed by atoms with Gasteiger partial charge in [-0.1, -0.05) is 57.5 Å². The number of anilines is 1. The number of benzene rings is 3. The number of amides is 1. The fraction of sp³-hybridized carbons (Fsp3) is 0.0435. The molecule has 0 aliphatic rings. The van der Waals surface area contributed by atoms with Crippen LogP contribution in [0.15, 0.2) is 92.6 Å². The van der Waals surface area contributed by atoms with Crippen molar-refractivity contribution in [1.82, 2.24) is 0 Å². The molecule has 0 radical (unpaired) electrons. The van der Waals surface area contributed by atoms with Crippen molar-refractivity contribution in [3.8, 4) is 6.07 Å². The molecular weight excluding hydrogens is 432 g/mol. The standard InChI is InChI=1S/C23H17BrN2OS/c1-16-2-10-21(11-3-16)28-22-12-4-17(5-13-22)14-18(15-25)23(27)26-20-8-6-19(24)7-9-20/h2-14H,1H3,(H,26,27)/b18-14-. The smallest absolute Gasteiger partial charge is 0.266 e. The fourth-order valence-electron chi connectivity index (χ4n) is 2.42. The maximum atomic E-state index is 12.4. The minimum absolute atomic E-state index is 0.0573. The molecule has 0 fully saturated rings. The Morgan fingerprint density at radius 2 is 1.54 bits per heavy atom. The summed E-state index contributed by atoms with van der Waals surface area (Å²) in [4.78, 5) is 14.6. The van der Waals surface area contributed by atoms with Gasteiger partial charge in [-0.05, 0) is 67.1 Å². The lowest BCUT2D eigenvalue weighted by Crippen LogP contribution is -2.13. The molecule has 0 aromatic heterocycles. The molecule has 0 aliphatic heterocycles. The highest BCUT2D eigenvalue weighted by Gasteiger charge is 2.09. The van der Waals surface area contributed by atoms with Crippen LogP contribution in [-0.2, 0) is 4.79 Å². The summed E-state index contributed by atoms with van der Waals surface area (Å²) in [6.45, 7) is 2.06. The molecule has 3 rings (SSSR count). The molecule has 3 aromatic carbocycles. The lowest BCUT2D eigenvalue weighted by molar-refractivity contribution is -0.112. The lowest BCUT2D eigenvalue weighted by Gasteiger charge is -2.05.